The van der Waals surface area contributed by atoms with Crippen molar-refractivity contribution in [1.82, 2.24) is 19.9 Å². The van der Waals surface area contributed by atoms with Gasteiger partial charge >= 0.3 is 0 Å². The first kappa shape index (κ1) is 19.2. The Kier molecular flexibility index (Phi) is 5.31. The van der Waals surface area contributed by atoms with Crippen LogP contribution < -0.4 is 0 Å². The summed E-state index contributed by atoms with van der Waals surface area (Å²) in [5.74, 6) is -0.153. The third-order valence-corrected chi connectivity index (χ3v) is 5.94. The van der Waals surface area contributed by atoms with Crippen molar-refractivity contribution in [3.63, 3.8) is 0 Å². The van der Waals surface area contributed by atoms with E-state index in [0.29, 0.717) is 6.54 Å². The lowest BCUT2D eigenvalue weighted by Gasteiger charge is -2.24. The first-order valence-electron chi connectivity index (χ1n) is 10.7. The molecule has 2 heterocycles. The summed E-state index contributed by atoms with van der Waals surface area (Å²) in [5.41, 5.74) is 3.95. The third-order valence-electron chi connectivity index (χ3n) is 5.94. The maximum atomic E-state index is 13.6. The summed E-state index contributed by atoms with van der Waals surface area (Å²) in [6.45, 7) is 1.37. The van der Waals surface area contributed by atoms with Crippen molar-refractivity contribution in [1.29, 1.82) is 0 Å². The van der Waals surface area contributed by atoms with Gasteiger partial charge in [0.25, 0.3) is 0 Å². The van der Waals surface area contributed by atoms with Gasteiger partial charge in [-0.2, -0.15) is 0 Å². The fourth-order valence-corrected chi connectivity index (χ4v) is 4.31. The van der Waals surface area contributed by atoms with Crippen molar-refractivity contribution in [2.75, 3.05) is 13.1 Å². The molecule has 3 aromatic carbocycles. The zero-order chi connectivity index (χ0) is 21.0. The lowest BCUT2D eigenvalue weighted by Crippen LogP contribution is -2.34. The monoisotopic (exact) mass is 408 g/mol. The number of likely N-dealkylation sites (tertiary alicyclic amines) is 1. The number of nitrogens with zero attached hydrogens (tertiary/aromatic N) is 4. The van der Waals surface area contributed by atoms with E-state index in [0.717, 1.165) is 35.3 Å². The summed E-state index contributed by atoms with van der Waals surface area (Å²) in [7, 11) is 0. The second kappa shape index (κ2) is 8.56. The molecule has 1 unspecified atom stereocenters. The molecule has 0 spiro atoms. The number of carbonyl (C=O) groups is 1. The van der Waals surface area contributed by atoms with Crippen LogP contribution in [0, 0.1) is 0 Å². The molecule has 1 aromatic heterocycles. The van der Waals surface area contributed by atoms with Gasteiger partial charge in [-0.05, 0) is 17.5 Å². The Hall–Kier alpha value is -3.73. The average Bonchev–Trinajstić information content (AvgIpc) is 3.51. The predicted molar refractivity (Wildman–Crippen MR) is 120 cm³/mol. The van der Waals surface area contributed by atoms with Crippen LogP contribution in [0.25, 0.3) is 11.3 Å². The van der Waals surface area contributed by atoms with Gasteiger partial charge in [0.05, 0.1) is 18.2 Å². The molecule has 0 radical (unpaired) electrons. The van der Waals surface area contributed by atoms with Gasteiger partial charge in [0.2, 0.25) is 5.91 Å². The predicted octanol–water partition coefficient (Wildman–Crippen LogP) is 4.55. The van der Waals surface area contributed by atoms with Gasteiger partial charge in [0.15, 0.2) is 0 Å². The average molecular weight is 409 g/mol. The molecule has 5 nitrogen and oxygen atoms in total. The number of carbonyl (C=O) groups excluding carboxylic acids is 1. The van der Waals surface area contributed by atoms with Crippen LogP contribution in [0.1, 0.15) is 29.5 Å². The lowest BCUT2D eigenvalue weighted by atomic mass is 9.90. The van der Waals surface area contributed by atoms with Gasteiger partial charge < -0.3 is 4.90 Å². The number of rotatable bonds is 5. The van der Waals surface area contributed by atoms with Crippen molar-refractivity contribution in [3.8, 4) is 11.3 Å². The minimum absolute atomic E-state index is 0.140. The van der Waals surface area contributed by atoms with E-state index in [9.17, 15) is 4.79 Å². The van der Waals surface area contributed by atoms with Crippen LogP contribution in [-0.4, -0.2) is 38.9 Å². The molecule has 1 aliphatic rings. The molecule has 1 atom stereocenters. The molecule has 1 amide bonds. The summed E-state index contributed by atoms with van der Waals surface area (Å²) in [5, 5.41) is 8.70. The molecule has 0 aliphatic carbocycles. The van der Waals surface area contributed by atoms with Crippen LogP contribution in [0.4, 0.5) is 0 Å². The van der Waals surface area contributed by atoms with Crippen molar-refractivity contribution in [3.05, 3.63) is 108 Å². The van der Waals surface area contributed by atoms with Crippen molar-refractivity contribution in [2.24, 2.45) is 0 Å². The SMILES string of the molecule is O=C(C(c1ccccc1)c1ccccc1)N1CCC(n2cc(-c3ccccc3)nn2)C1. The normalized spacial score (nSPS) is 16.0. The summed E-state index contributed by atoms with van der Waals surface area (Å²) in [4.78, 5) is 15.6. The summed E-state index contributed by atoms with van der Waals surface area (Å²) >= 11 is 0. The molecule has 154 valence electrons. The number of aromatic nitrogens is 3. The van der Waals surface area contributed by atoms with E-state index >= 15 is 0 Å². The lowest BCUT2D eigenvalue weighted by molar-refractivity contribution is -0.130. The highest BCUT2D eigenvalue weighted by molar-refractivity contribution is 5.87. The van der Waals surface area contributed by atoms with Crippen molar-refractivity contribution >= 4 is 5.91 Å². The first-order valence-corrected chi connectivity index (χ1v) is 10.7. The quantitative estimate of drug-likeness (QED) is 0.487. The van der Waals surface area contributed by atoms with E-state index in [-0.39, 0.29) is 17.9 Å². The summed E-state index contributed by atoms with van der Waals surface area (Å²) in [6, 6.07) is 30.3. The highest BCUT2D eigenvalue weighted by Gasteiger charge is 2.33. The van der Waals surface area contributed by atoms with E-state index in [1.165, 1.54) is 0 Å². The Bertz CT molecular complexity index is 1100. The van der Waals surface area contributed by atoms with Crippen LogP contribution >= 0.6 is 0 Å². The number of benzene rings is 3. The molecular weight excluding hydrogens is 384 g/mol. The van der Waals surface area contributed by atoms with E-state index in [4.69, 9.17) is 0 Å². The minimum Gasteiger partial charge on any atom is -0.340 e. The van der Waals surface area contributed by atoms with Crippen LogP contribution in [-0.2, 0) is 4.79 Å². The molecule has 0 saturated carbocycles. The van der Waals surface area contributed by atoms with Crippen LogP contribution in [0.2, 0.25) is 0 Å². The molecule has 0 bridgehead atoms. The standard InChI is InChI=1S/C26H24N4O/c31-26(25(21-12-6-2-7-13-21)22-14-8-3-9-15-22)29-17-16-23(18-29)30-19-24(27-28-30)20-10-4-1-5-11-20/h1-15,19,23,25H,16-18H2. The zero-order valence-corrected chi connectivity index (χ0v) is 17.2. The fourth-order valence-electron chi connectivity index (χ4n) is 4.31. The molecule has 1 fully saturated rings. The van der Waals surface area contributed by atoms with Gasteiger partial charge in [0.1, 0.15) is 5.69 Å². The van der Waals surface area contributed by atoms with Gasteiger partial charge in [-0.3, -0.25) is 4.79 Å². The van der Waals surface area contributed by atoms with Gasteiger partial charge in [-0.1, -0.05) is 96.2 Å². The Morgan fingerprint density at radius 3 is 2.03 bits per heavy atom. The van der Waals surface area contributed by atoms with Gasteiger partial charge in [-0.15, -0.1) is 5.10 Å². The maximum absolute atomic E-state index is 13.6. The first-order chi connectivity index (χ1) is 15.3. The molecular formula is C26H24N4O. The van der Waals surface area contributed by atoms with Crippen molar-refractivity contribution < 1.29 is 4.79 Å². The Labute approximate surface area is 182 Å². The topological polar surface area (TPSA) is 51.0 Å². The van der Waals surface area contributed by atoms with Crippen LogP contribution in [0.5, 0.6) is 0 Å². The van der Waals surface area contributed by atoms with Crippen LogP contribution in [0.3, 0.4) is 0 Å². The molecule has 5 rings (SSSR count). The fraction of sp³-hybridized carbons (Fsp3) is 0.192. The molecule has 1 aliphatic heterocycles. The van der Waals surface area contributed by atoms with E-state index in [2.05, 4.69) is 10.3 Å². The third kappa shape index (κ3) is 3.99. The van der Waals surface area contributed by atoms with E-state index in [1.54, 1.807) is 0 Å². The Morgan fingerprint density at radius 1 is 0.839 bits per heavy atom. The number of amides is 1. The second-order valence-electron chi connectivity index (χ2n) is 7.93. The molecule has 4 aromatic rings. The van der Waals surface area contributed by atoms with E-state index < -0.39 is 0 Å². The van der Waals surface area contributed by atoms with Gasteiger partial charge in [-0.25, -0.2) is 4.68 Å². The maximum Gasteiger partial charge on any atom is 0.234 e. The summed E-state index contributed by atoms with van der Waals surface area (Å²) in [6.07, 6.45) is 2.86. The van der Waals surface area contributed by atoms with E-state index in [1.807, 2.05) is 107 Å². The highest BCUT2D eigenvalue weighted by Crippen LogP contribution is 2.31. The van der Waals surface area contributed by atoms with Crippen LogP contribution in [0.15, 0.2) is 97.2 Å². The Balaban J connectivity index is 1.36. The number of hydrogen-bond acceptors (Lipinski definition) is 3. The molecule has 0 N–H and O–H groups in total. The smallest absolute Gasteiger partial charge is 0.234 e. The molecule has 31 heavy (non-hydrogen) atoms. The minimum atomic E-state index is -0.295. The van der Waals surface area contributed by atoms with Gasteiger partial charge in [0, 0.05) is 18.7 Å². The summed E-state index contributed by atoms with van der Waals surface area (Å²) < 4.78 is 1.91. The molecule has 1 saturated heterocycles. The molecule has 5 heteroatoms. The largest absolute Gasteiger partial charge is 0.340 e. The second-order valence-corrected chi connectivity index (χ2v) is 7.93. The zero-order valence-electron chi connectivity index (χ0n) is 17.2. The number of hydrogen-bond donors (Lipinski definition) is 0. The highest BCUT2D eigenvalue weighted by atomic mass is 16.2. The van der Waals surface area contributed by atoms with Crippen molar-refractivity contribution in [2.45, 2.75) is 18.4 Å². The Morgan fingerprint density at radius 2 is 1.42 bits per heavy atom.